The number of hydrogen-bond donors (Lipinski definition) is 0. The summed E-state index contributed by atoms with van der Waals surface area (Å²) in [6.45, 7) is 10.8. The molecule has 3 rings (SSSR count). The first kappa shape index (κ1) is 18.8. The second-order valence-electron chi connectivity index (χ2n) is 8.81. The average molecular weight is 358 g/mol. The molecule has 26 heavy (non-hydrogen) atoms. The second kappa shape index (κ2) is 7.33. The van der Waals surface area contributed by atoms with Crippen LogP contribution in [0.2, 0.25) is 0 Å². The highest BCUT2D eigenvalue weighted by atomic mass is 16.2. The van der Waals surface area contributed by atoms with Crippen molar-refractivity contribution < 1.29 is 9.59 Å². The van der Waals surface area contributed by atoms with Crippen LogP contribution in [-0.4, -0.2) is 51.2 Å². The molecule has 1 aromatic rings. The van der Waals surface area contributed by atoms with E-state index in [0.717, 1.165) is 49.4 Å². The van der Waals surface area contributed by atoms with E-state index in [-0.39, 0.29) is 23.1 Å². The van der Waals surface area contributed by atoms with E-state index in [4.69, 9.17) is 4.98 Å². The lowest BCUT2D eigenvalue weighted by atomic mass is 9.91. The summed E-state index contributed by atoms with van der Waals surface area (Å²) in [6, 6.07) is 0. The number of fused-ring (bicyclic) bond motifs is 1. The van der Waals surface area contributed by atoms with Crippen LogP contribution in [0.1, 0.15) is 70.0 Å². The van der Waals surface area contributed by atoms with Gasteiger partial charge in [-0.15, -0.1) is 0 Å². The van der Waals surface area contributed by atoms with Crippen LogP contribution in [0.25, 0.3) is 0 Å². The minimum atomic E-state index is 0.00128. The van der Waals surface area contributed by atoms with Gasteiger partial charge in [-0.05, 0) is 18.3 Å². The number of aromatic nitrogens is 2. The lowest BCUT2D eigenvalue weighted by Gasteiger charge is -2.33. The van der Waals surface area contributed by atoms with Crippen LogP contribution >= 0.6 is 0 Å². The van der Waals surface area contributed by atoms with Gasteiger partial charge in [0, 0.05) is 63.6 Å². The van der Waals surface area contributed by atoms with Gasteiger partial charge in [-0.2, -0.15) is 0 Å². The molecule has 0 saturated carbocycles. The topological polar surface area (TPSA) is 66.4 Å². The molecule has 0 unspecified atom stereocenters. The molecule has 142 valence electrons. The van der Waals surface area contributed by atoms with E-state index in [9.17, 15) is 9.59 Å². The Balaban J connectivity index is 1.69. The summed E-state index contributed by atoms with van der Waals surface area (Å²) in [7, 11) is 0. The number of hydrogen-bond acceptors (Lipinski definition) is 4. The van der Waals surface area contributed by atoms with Crippen LogP contribution in [0, 0.1) is 5.41 Å². The van der Waals surface area contributed by atoms with Gasteiger partial charge in [0.1, 0.15) is 5.82 Å². The number of nitrogens with zero attached hydrogens (tertiary/aromatic N) is 4. The van der Waals surface area contributed by atoms with Gasteiger partial charge in [0.2, 0.25) is 11.8 Å². The summed E-state index contributed by atoms with van der Waals surface area (Å²) < 4.78 is 0. The predicted octanol–water partition coefficient (Wildman–Crippen LogP) is 2.52. The van der Waals surface area contributed by atoms with Gasteiger partial charge in [-0.3, -0.25) is 9.59 Å². The van der Waals surface area contributed by atoms with Crippen molar-refractivity contribution in [2.24, 2.45) is 5.41 Å². The fraction of sp³-hybridized carbons (Fsp3) is 0.700. The van der Waals surface area contributed by atoms with E-state index in [0.29, 0.717) is 19.5 Å². The Hall–Kier alpha value is -1.98. The van der Waals surface area contributed by atoms with Crippen LogP contribution in [0.15, 0.2) is 6.20 Å². The van der Waals surface area contributed by atoms with E-state index >= 15 is 0 Å². The molecule has 1 atom stereocenters. The van der Waals surface area contributed by atoms with Gasteiger partial charge in [-0.1, -0.05) is 20.8 Å². The van der Waals surface area contributed by atoms with Crippen LogP contribution in [0.4, 0.5) is 0 Å². The fourth-order valence-electron chi connectivity index (χ4n) is 3.78. The minimum absolute atomic E-state index is 0.00128. The van der Waals surface area contributed by atoms with Crippen LogP contribution in [0.3, 0.4) is 0 Å². The van der Waals surface area contributed by atoms with Crippen molar-refractivity contribution in [3.8, 4) is 0 Å². The summed E-state index contributed by atoms with van der Waals surface area (Å²) in [5.41, 5.74) is 2.12. The number of amides is 2. The van der Waals surface area contributed by atoms with Crippen molar-refractivity contribution in [3.05, 3.63) is 23.3 Å². The highest BCUT2D eigenvalue weighted by Gasteiger charge is 2.28. The predicted molar refractivity (Wildman–Crippen MR) is 99.5 cm³/mol. The third kappa shape index (κ3) is 4.40. The molecular formula is C20H30N4O2. The molecule has 1 aromatic heterocycles. The average Bonchev–Trinajstić information content (AvgIpc) is 2.59. The van der Waals surface area contributed by atoms with Crippen LogP contribution in [0.5, 0.6) is 0 Å². The van der Waals surface area contributed by atoms with Crippen molar-refractivity contribution in [2.45, 2.75) is 65.8 Å². The molecule has 2 amide bonds. The van der Waals surface area contributed by atoms with Crippen molar-refractivity contribution in [3.63, 3.8) is 0 Å². The Bertz CT molecular complexity index is 696. The third-order valence-corrected chi connectivity index (χ3v) is 5.22. The molecule has 0 bridgehead atoms. The maximum atomic E-state index is 12.5. The summed E-state index contributed by atoms with van der Waals surface area (Å²) >= 11 is 0. The number of rotatable bonds is 2. The number of piperidine rings is 1. The summed E-state index contributed by atoms with van der Waals surface area (Å²) in [5.74, 6) is 1.40. The Kier molecular flexibility index (Phi) is 5.30. The molecule has 0 N–H and O–H groups in total. The number of carbonyl (C=O) groups excluding carboxylic acids is 2. The molecule has 1 fully saturated rings. The Morgan fingerprint density at radius 3 is 2.69 bits per heavy atom. The number of likely N-dealkylation sites (tertiary alicyclic amines) is 1. The molecule has 3 heterocycles. The molecular weight excluding hydrogens is 328 g/mol. The smallest absolute Gasteiger partial charge is 0.223 e. The molecule has 0 aromatic carbocycles. The summed E-state index contributed by atoms with van der Waals surface area (Å²) in [4.78, 5) is 37.4. The molecule has 0 spiro atoms. The highest BCUT2D eigenvalue weighted by molar-refractivity contribution is 5.77. The molecule has 6 nitrogen and oxygen atoms in total. The normalized spacial score (nSPS) is 20.7. The molecule has 2 aliphatic heterocycles. The zero-order chi connectivity index (χ0) is 18.9. The van der Waals surface area contributed by atoms with Crippen molar-refractivity contribution in [1.29, 1.82) is 0 Å². The van der Waals surface area contributed by atoms with Crippen molar-refractivity contribution in [1.82, 2.24) is 19.8 Å². The van der Waals surface area contributed by atoms with Crippen LogP contribution in [-0.2, 0) is 22.6 Å². The second-order valence-corrected chi connectivity index (χ2v) is 8.81. The maximum Gasteiger partial charge on any atom is 0.223 e. The zero-order valence-corrected chi connectivity index (χ0v) is 16.4. The molecule has 6 heteroatoms. The Labute approximate surface area is 156 Å². The maximum absolute atomic E-state index is 12.5. The molecule has 1 saturated heterocycles. The minimum Gasteiger partial charge on any atom is -0.342 e. The third-order valence-electron chi connectivity index (χ3n) is 5.22. The quantitative estimate of drug-likeness (QED) is 0.815. The fourth-order valence-corrected chi connectivity index (χ4v) is 3.78. The standard InChI is InChI=1S/C20H30N4O2/c1-14(25)23-8-5-6-15(12-23)19-21-11-16-13-24(9-7-17(16)22-19)18(26)10-20(2,3)4/h11,15H,5-10,12-13H2,1-4H3/t15-/m0/s1. The van der Waals surface area contributed by atoms with E-state index in [1.807, 2.05) is 16.0 Å². The summed E-state index contributed by atoms with van der Waals surface area (Å²) in [5, 5.41) is 0. The van der Waals surface area contributed by atoms with Gasteiger partial charge in [-0.25, -0.2) is 9.97 Å². The summed E-state index contributed by atoms with van der Waals surface area (Å²) in [6.07, 6.45) is 5.26. The lowest BCUT2D eigenvalue weighted by Crippen LogP contribution is -2.39. The monoisotopic (exact) mass is 358 g/mol. The van der Waals surface area contributed by atoms with E-state index < -0.39 is 0 Å². The Morgan fingerprint density at radius 1 is 1.23 bits per heavy atom. The Morgan fingerprint density at radius 2 is 2.00 bits per heavy atom. The molecule has 0 radical (unpaired) electrons. The molecule has 2 aliphatic rings. The first-order valence-electron chi connectivity index (χ1n) is 9.61. The van der Waals surface area contributed by atoms with Gasteiger partial charge in [0.05, 0.1) is 5.69 Å². The van der Waals surface area contributed by atoms with Gasteiger partial charge in [0.15, 0.2) is 0 Å². The number of carbonyl (C=O) groups is 2. The van der Waals surface area contributed by atoms with E-state index in [1.165, 1.54) is 0 Å². The van der Waals surface area contributed by atoms with Gasteiger partial charge < -0.3 is 9.80 Å². The first-order valence-corrected chi connectivity index (χ1v) is 9.61. The lowest BCUT2D eigenvalue weighted by molar-refractivity contribution is -0.134. The zero-order valence-electron chi connectivity index (χ0n) is 16.4. The van der Waals surface area contributed by atoms with E-state index in [2.05, 4.69) is 25.8 Å². The molecule has 0 aliphatic carbocycles. The highest BCUT2D eigenvalue weighted by Crippen LogP contribution is 2.27. The SMILES string of the molecule is CC(=O)N1CCC[C@H](c2ncc3c(n2)CCN(C(=O)CC(C)(C)C)C3)C1. The van der Waals surface area contributed by atoms with Gasteiger partial charge in [0.25, 0.3) is 0 Å². The first-order chi connectivity index (χ1) is 12.2. The van der Waals surface area contributed by atoms with Gasteiger partial charge >= 0.3 is 0 Å². The van der Waals surface area contributed by atoms with E-state index in [1.54, 1.807) is 6.92 Å². The largest absolute Gasteiger partial charge is 0.342 e. The van der Waals surface area contributed by atoms with Crippen LogP contribution < -0.4 is 0 Å². The van der Waals surface area contributed by atoms with Crippen molar-refractivity contribution in [2.75, 3.05) is 19.6 Å². The van der Waals surface area contributed by atoms with Crippen molar-refractivity contribution >= 4 is 11.8 Å².